The van der Waals surface area contributed by atoms with Crippen LogP contribution in [0, 0.1) is 0 Å². The average Bonchev–Trinajstić information content (AvgIpc) is 2.85. The van der Waals surface area contributed by atoms with Crippen molar-refractivity contribution < 1.29 is 4.79 Å². The molecular formula is C11H19N5OS. The fourth-order valence-corrected chi connectivity index (χ4v) is 2.49. The second-order valence-electron chi connectivity index (χ2n) is 4.43. The van der Waals surface area contributed by atoms with Crippen molar-refractivity contribution in [1.82, 2.24) is 20.0 Å². The minimum atomic E-state index is 0.00477. The van der Waals surface area contributed by atoms with Crippen molar-refractivity contribution in [1.29, 1.82) is 0 Å². The van der Waals surface area contributed by atoms with Crippen molar-refractivity contribution in [3.8, 4) is 0 Å². The highest BCUT2D eigenvalue weighted by atomic mass is 32.1. The first kappa shape index (κ1) is 13.2. The Labute approximate surface area is 111 Å². The van der Waals surface area contributed by atoms with Crippen LogP contribution in [-0.2, 0) is 0 Å². The maximum Gasteiger partial charge on any atom is 0.284 e. The van der Waals surface area contributed by atoms with Gasteiger partial charge < -0.3 is 15.1 Å². The summed E-state index contributed by atoms with van der Waals surface area (Å²) in [5.74, 6) is 0.00477. The molecule has 0 bridgehead atoms. The van der Waals surface area contributed by atoms with E-state index in [1.807, 2.05) is 4.90 Å². The first-order valence-electron chi connectivity index (χ1n) is 6.26. The van der Waals surface area contributed by atoms with Gasteiger partial charge in [0.1, 0.15) is 0 Å². The number of aromatic nitrogens is 2. The van der Waals surface area contributed by atoms with Gasteiger partial charge in [0.25, 0.3) is 5.91 Å². The van der Waals surface area contributed by atoms with E-state index in [0.717, 1.165) is 44.3 Å². The average molecular weight is 269 g/mol. The molecule has 1 N–H and O–H groups in total. The van der Waals surface area contributed by atoms with Gasteiger partial charge >= 0.3 is 0 Å². The number of amides is 1. The quantitative estimate of drug-likeness (QED) is 0.874. The Kier molecular flexibility index (Phi) is 4.48. The van der Waals surface area contributed by atoms with Crippen LogP contribution in [0.25, 0.3) is 0 Å². The largest absolute Gasteiger partial charge is 0.360 e. The lowest BCUT2D eigenvalue weighted by Gasteiger charge is -2.31. The third-order valence-corrected chi connectivity index (χ3v) is 3.79. The minimum absolute atomic E-state index is 0.00477. The third-order valence-electron chi connectivity index (χ3n) is 2.92. The van der Waals surface area contributed by atoms with Crippen molar-refractivity contribution in [2.24, 2.45) is 0 Å². The maximum atomic E-state index is 12.2. The van der Waals surface area contributed by atoms with Crippen LogP contribution in [0.2, 0.25) is 0 Å². The van der Waals surface area contributed by atoms with Crippen LogP contribution in [0.4, 0.5) is 5.13 Å². The van der Waals surface area contributed by atoms with E-state index in [9.17, 15) is 4.79 Å². The van der Waals surface area contributed by atoms with E-state index in [4.69, 9.17) is 0 Å². The highest BCUT2D eigenvalue weighted by molar-refractivity contribution is 7.17. The van der Waals surface area contributed by atoms with E-state index in [2.05, 4.69) is 34.4 Å². The van der Waals surface area contributed by atoms with E-state index in [-0.39, 0.29) is 5.91 Å². The number of rotatable bonds is 4. The number of piperazine rings is 1. The molecule has 0 saturated carbocycles. The van der Waals surface area contributed by atoms with Gasteiger partial charge in [-0.3, -0.25) is 4.79 Å². The second kappa shape index (κ2) is 6.10. The van der Waals surface area contributed by atoms with Gasteiger partial charge in [0.05, 0.1) is 0 Å². The monoisotopic (exact) mass is 269 g/mol. The Hall–Kier alpha value is -1.21. The van der Waals surface area contributed by atoms with Gasteiger partial charge in [-0.1, -0.05) is 18.3 Å². The lowest BCUT2D eigenvalue weighted by Crippen LogP contribution is -2.47. The molecule has 1 saturated heterocycles. The first-order valence-corrected chi connectivity index (χ1v) is 7.07. The van der Waals surface area contributed by atoms with Crippen LogP contribution < -0.4 is 5.32 Å². The van der Waals surface area contributed by atoms with Crippen molar-refractivity contribution in [2.45, 2.75) is 13.3 Å². The summed E-state index contributed by atoms with van der Waals surface area (Å²) in [7, 11) is 2.07. The number of likely N-dealkylation sites (N-methyl/N-ethyl adjacent to an activating group) is 1. The molecule has 0 radical (unpaired) electrons. The van der Waals surface area contributed by atoms with Crippen LogP contribution in [0.5, 0.6) is 0 Å². The summed E-state index contributed by atoms with van der Waals surface area (Å²) in [5, 5.41) is 12.3. The van der Waals surface area contributed by atoms with E-state index in [0.29, 0.717) is 5.01 Å². The summed E-state index contributed by atoms with van der Waals surface area (Å²) in [6.45, 7) is 6.33. The highest BCUT2D eigenvalue weighted by Crippen LogP contribution is 2.17. The predicted molar refractivity (Wildman–Crippen MR) is 72.1 cm³/mol. The lowest BCUT2D eigenvalue weighted by molar-refractivity contribution is 0.0663. The number of hydrogen-bond acceptors (Lipinski definition) is 6. The molecule has 1 aromatic heterocycles. The molecule has 2 rings (SSSR count). The molecule has 0 atom stereocenters. The van der Waals surface area contributed by atoms with Crippen LogP contribution in [0.1, 0.15) is 23.1 Å². The molecule has 1 amide bonds. The van der Waals surface area contributed by atoms with Gasteiger partial charge in [-0.2, -0.15) is 0 Å². The van der Waals surface area contributed by atoms with Gasteiger partial charge in [-0.05, 0) is 13.5 Å². The Balaban J connectivity index is 1.94. The van der Waals surface area contributed by atoms with Crippen molar-refractivity contribution >= 4 is 22.4 Å². The topological polar surface area (TPSA) is 61.4 Å². The van der Waals surface area contributed by atoms with E-state index in [1.54, 1.807) is 0 Å². The first-order chi connectivity index (χ1) is 8.70. The molecular weight excluding hydrogens is 250 g/mol. The Morgan fingerprint density at radius 3 is 2.72 bits per heavy atom. The highest BCUT2D eigenvalue weighted by Gasteiger charge is 2.23. The van der Waals surface area contributed by atoms with E-state index >= 15 is 0 Å². The van der Waals surface area contributed by atoms with Crippen molar-refractivity contribution in [2.75, 3.05) is 45.1 Å². The van der Waals surface area contributed by atoms with E-state index in [1.165, 1.54) is 11.3 Å². The summed E-state index contributed by atoms with van der Waals surface area (Å²) >= 11 is 1.34. The molecule has 6 nitrogen and oxygen atoms in total. The van der Waals surface area contributed by atoms with Crippen molar-refractivity contribution in [3.63, 3.8) is 0 Å². The summed E-state index contributed by atoms with van der Waals surface area (Å²) in [5.41, 5.74) is 0. The zero-order valence-electron chi connectivity index (χ0n) is 10.8. The molecule has 0 aliphatic carbocycles. The van der Waals surface area contributed by atoms with Gasteiger partial charge in [-0.25, -0.2) is 0 Å². The Bertz CT molecular complexity index is 400. The molecule has 0 spiro atoms. The standard InChI is InChI=1S/C11H19N5OS/c1-3-4-12-11-14-13-9(18-11)10(17)16-7-5-15(2)6-8-16/h3-8H2,1-2H3,(H,12,14). The molecule has 100 valence electrons. The Morgan fingerprint density at radius 1 is 1.33 bits per heavy atom. The number of anilines is 1. The summed E-state index contributed by atoms with van der Waals surface area (Å²) in [4.78, 5) is 16.3. The smallest absolute Gasteiger partial charge is 0.284 e. The molecule has 7 heteroatoms. The number of carbonyl (C=O) groups excluding carboxylic acids is 1. The summed E-state index contributed by atoms with van der Waals surface area (Å²) in [6.07, 6.45) is 1.03. The zero-order chi connectivity index (χ0) is 13.0. The molecule has 0 aromatic carbocycles. The SMILES string of the molecule is CCCNc1nnc(C(=O)N2CCN(C)CC2)s1. The molecule has 1 aliphatic heterocycles. The number of nitrogens with zero attached hydrogens (tertiary/aromatic N) is 4. The fourth-order valence-electron chi connectivity index (χ4n) is 1.76. The molecule has 2 heterocycles. The van der Waals surface area contributed by atoms with Gasteiger partial charge in [0, 0.05) is 32.7 Å². The summed E-state index contributed by atoms with van der Waals surface area (Å²) in [6, 6.07) is 0. The molecule has 18 heavy (non-hydrogen) atoms. The third kappa shape index (κ3) is 3.17. The van der Waals surface area contributed by atoms with Gasteiger partial charge in [0.2, 0.25) is 10.1 Å². The maximum absolute atomic E-state index is 12.2. The van der Waals surface area contributed by atoms with Gasteiger partial charge in [0.15, 0.2) is 0 Å². The molecule has 1 aliphatic rings. The van der Waals surface area contributed by atoms with Gasteiger partial charge in [-0.15, -0.1) is 10.2 Å². The summed E-state index contributed by atoms with van der Waals surface area (Å²) < 4.78 is 0. The van der Waals surface area contributed by atoms with E-state index < -0.39 is 0 Å². The number of hydrogen-bond donors (Lipinski definition) is 1. The molecule has 1 aromatic rings. The van der Waals surface area contributed by atoms with Crippen molar-refractivity contribution in [3.05, 3.63) is 5.01 Å². The fraction of sp³-hybridized carbons (Fsp3) is 0.727. The number of nitrogens with one attached hydrogen (secondary N) is 1. The van der Waals surface area contributed by atoms with Crippen LogP contribution in [0.3, 0.4) is 0 Å². The van der Waals surface area contributed by atoms with Crippen LogP contribution in [0.15, 0.2) is 0 Å². The normalized spacial score (nSPS) is 16.9. The molecule has 0 unspecified atom stereocenters. The molecule has 1 fully saturated rings. The second-order valence-corrected chi connectivity index (χ2v) is 5.41. The van der Waals surface area contributed by atoms with Crippen LogP contribution in [-0.4, -0.2) is 65.7 Å². The zero-order valence-corrected chi connectivity index (χ0v) is 11.7. The predicted octanol–water partition coefficient (Wildman–Crippen LogP) is 0.748. The lowest BCUT2D eigenvalue weighted by atomic mass is 10.3. The van der Waals surface area contributed by atoms with Crippen LogP contribution >= 0.6 is 11.3 Å². The number of carbonyl (C=O) groups is 1. The Morgan fingerprint density at radius 2 is 2.06 bits per heavy atom. The minimum Gasteiger partial charge on any atom is -0.360 e.